The number of hydrogen-bond donors (Lipinski definition) is 0. The molecule has 0 spiro atoms. The van der Waals surface area contributed by atoms with Crippen LogP contribution in [0.5, 0.6) is 0 Å². The Morgan fingerprint density at radius 3 is 2.78 bits per heavy atom. The third-order valence-electron chi connectivity index (χ3n) is 4.25. The molecule has 6 heteroatoms. The minimum absolute atomic E-state index is 0.0295. The van der Waals surface area contributed by atoms with Crippen molar-refractivity contribution in [1.82, 2.24) is 14.6 Å². The van der Waals surface area contributed by atoms with Gasteiger partial charge in [0.1, 0.15) is 5.82 Å². The molecule has 0 fully saturated rings. The van der Waals surface area contributed by atoms with Gasteiger partial charge in [-0.3, -0.25) is 0 Å². The molecule has 0 saturated heterocycles. The summed E-state index contributed by atoms with van der Waals surface area (Å²) in [6.45, 7) is 8.10. The van der Waals surface area contributed by atoms with Crippen LogP contribution in [0.1, 0.15) is 37.6 Å². The average molecular weight is 330 g/mol. The molecule has 0 N–H and O–H groups in total. The lowest BCUT2D eigenvalue weighted by Crippen LogP contribution is -2.30. The van der Waals surface area contributed by atoms with E-state index < -0.39 is 0 Å². The van der Waals surface area contributed by atoms with Crippen LogP contribution in [-0.4, -0.2) is 21.1 Å². The molecule has 4 nitrogen and oxygen atoms in total. The van der Waals surface area contributed by atoms with Crippen LogP contribution >= 0.6 is 11.3 Å². The zero-order valence-corrected chi connectivity index (χ0v) is 14.3. The van der Waals surface area contributed by atoms with Crippen LogP contribution in [0, 0.1) is 5.82 Å². The first-order chi connectivity index (χ1) is 10.9. The van der Waals surface area contributed by atoms with Gasteiger partial charge in [0.2, 0.25) is 10.1 Å². The molecule has 0 atom stereocenters. The highest BCUT2D eigenvalue weighted by Crippen LogP contribution is 2.30. The van der Waals surface area contributed by atoms with Crippen LogP contribution in [0.2, 0.25) is 0 Å². The Morgan fingerprint density at radius 2 is 2.04 bits per heavy atom. The van der Waals surface area contributed by atoms with Crippen molar-refractivity contribution in [3.05, 3.63) is 47.0 Å². The van der Waals surface area contributed by atoms with Gasteiger partial charge >= 0.3 is 0 Å². The van der Waals surface area contributed by atoms with Crippen molar-refractivity contribution in [3.63, 3.8) is 0 Å². The number of anilines is 1. The lowest BCUT2D eigenvalue weighted by molar-refractivity contribution is 0.572. The molecular weight excluding hydrogens is 311 g/mol. The molecule has 4 rings (SSSR count). The van der Waals surface area contributed by atoms with E-state index in [0.717, 1.165) is 40.9 Å². The fourth-order valence-corrected chi connectivity index (χ4v) is 3.77. The highest BCUT2D eigenvalue weighted by atomic mass is 32.1. The number of nitrogens with zero attached hydrogens (tertiary/aromatic N) is 4. The molecule has 0 unspecified atom stereocenters. The smallest absolute Gasteiger partial charge is 0.214 e. The first kappa shape index (κ1) is 14.6. The Labute approximate surface area is 138 Å². The highest BCUT2D eigenvalue weighted by Gasteiger charge is 2.23. The second kappa shape index (κ2) is 5.03. The van der Waals surface area contributed by atoms with Crippen molar-refractivity contribution in [3.8, 4) is 0 Å². The van der Waals surface area contributed by atoms with Crippen molar-refractivity contribution >= 4 is 21.4 Å². The van der Waals surface area contributed by atoms with Crippen LogP contribution < -0.4 is 4.90 Å². The Hall–Kier alpha value is -1.95. The molecule has 0 radical (unpaired) electrons. The van der Waals surface area contributed by atoms with E-state index in [9.17, 15) is 4.39 Å². The average Bonchev–Trinajstić information content (AvgIpc) is 3.04. The summed E-state index contributed by atoms with van der Waals surface area (Å²) in [5.41, 5.74) is 3.38. The van der Waals surface area contributed by atoms with Crippen molar-refractivity contribution in [2.24, 2.45) is 0 Å². The summed E-state index contributed by atoms with van der Waals surface area (Å²) < 4.78 is 15.2. The largest absolute Gasteiger partial charge is 0.342 e. The number of hydrogen-bond acceptors (Lipinski definition) is 4. The Kier molecular flexibility index (Phi) is 3.20. The molecule has 0 amide bonds. The number of rotatable bonds is 1. The topological polar surface area (TPSA) is 33.4 Å². The van der Waals surface area contributed by atoms with E-state index in [1.807, 2.05) is 16.8 Å². The molecule has 1 aliphatic rings. The summed E-state index contributed by atoms with van der Waals surface area (Å²) >= 11 is 1.61. The van der Waals surface area contributed by atoms with Gasteiger partial charge in [0.15, 0.2) is 0 Å². The Balaban J connectivity index is 1.63. The molecule has 1 aliphatic heterocycles. The van der Waals surface area contributed by atoms with E-state index in [1.54, 1.807) is 17.4 Å². The van der Waals surface area contributed by atoms with Gasteiger partial charge in [-0.15, -0.1) is 5.10 Å². The zero-order chi connectivity index (χ0) is 16.2. The van der Waals surface area contributed by atoms with Crippen LogP contribution in [0.15, 0.2) is 24.4 Å². The predicted molar refractivity (Wildman–Crippen MR) is 90.7 cm³/mol. The van der Waals surface area contributed by atoms with Crippen LogP contribution in [0.25, 0.3) is 4.96 Å². The Bertz CT molecular complexity index is 843. The molecule has 0 bridgehead atoms. The third kappa shape index (κ3) is 2.61. The first-order valence-electron chi connectivity index (χ1n) is 7.79. The summed E-state index contributed by atoms with van der Waals surface area (Å²) in [7, 11) is 0. The van der Waals surface area contributed by atoms with Crippen LogP contribution in [0.3, 0.4) is 0 Å². The van der Waals surface area contributed by atoms with Crippen molar-refractivity contribution in [2.45, 2.75) is 39.2 Å². The first-order valence-corrected chi connectivity index (χ1v) is 8.61. The highest BCUT2D eigenvalue weighted by molar-refractivity contribution is 7.20. The van der Waals surface area contributed by atoms with Gasteiger partial charge in [0.25, 0.3) is 0 Å². The zero-order valence-electron chi connectivity index (χ0n) is 13.5. The van der Waals surface area contributed by atoms with E-state index in [4.69, 9.17) is 4.98 Å². The summed E-state index contributed by atoms with van der Waals surface area (Å²) in [6, 6.07) is 5.07. The summed E-state index contributed by atoms with van der Waals surface area (Å²) in [6.07, 6.45) is 2.87. The van der Waals surface area contributed by atoms with Crippen LogP contribution in [0.4, 0.5) is 9.52 Å². The lowest BCUT2D eigenvalue weighted by Gasteiger charge is -2.28. The number of aromatic nitrogens is 3. The maximum absolute atomic E-state index is 13.3. The van der Waals surface area contributed by atoms with E-state index in [1.165, 1.54) is 11.6 Å². The molecule has 3 heterocycles. The van der Waals surface area contributed by atoms with E-state index >= 15 is 0 Å². The van der Waals surface area contributed by atoms with Crippen molar-refractivity contribution in [1.29, 1.82) is 0 Å². The quantitative estimate of drug-likeness (QED) is 0.681. The predicted octanol–water partition coefficient (Wildman–Crippen LogP) is 3.79. The normalized spacial score (nSPS) is 15.2. The molecule has 2 aromatic heterocycles. The molecule has 0 aliphatic carbocycles. The number of benzene rings is 1. The SMILES string of the molecule is CC(C)(C)c1cn2nc(N3CCc4cc(F)ccc4C3)sc2n1. The molecular formula is C17H19FN4S. The maximum atomic E-state index is 13.3. The summed E-state index contributed by atoms with van der Waals surface area (Å²) in [5.74, 6) is -0.153. The van der Waals surface area contributed by atoms with Gasteiger partial charge in [0, 0.05) is 18.5 Å². The lowest BCUT2D eigenvalue weighted by atomic mass is 9.93. The van der Waals surface area contributed by atoms with Gasteiger partial charge in [-0.05, 0) is 29.7 Å². The minimum atomic E-state index is -0.153. The molecule has 3 aromatic rings. The van der Waals surface area contributed by atoms with Gasteiger partial charge in [-0.1, -0.05) is 38.2 Å². The fraction of sp³-hybridized carbons (Fsp3) is 0.412. The summed E-state index contributed by atoms with van der Waals surface area (Å²) in [4.78, 5) is 7.87. The molecule has 23 heavy (non-hydrogen) atoms. The monoisotopic (exact) mass is 330 g/mol. The van der Waals surface area contributed by atoms with E-state index in [0.29, 0.717) is 0 Å². The minimum Gasteiger partial charge on any atom is -0.342 e. The van der Waals surface area contributed by atoms with Gasteiger partial charge in [-0.25, -0.2) is 13.9 Å². The van der Waals surface area contributed by atoms with E-state index in [2.05, 4.69) is 30.8 Å². The Morgan fingerprint density at radius 1 is 1.22 bits per heavy atom. The van der Waals surface area contributed by atoms with Crippen molar-refractivity contribution < 1.29 is 4.39 Å². The molecule has 0 saturated carbocycles. The second-order valence-corrected chi connectivity index (χ2v) is 8.01. The fourth-order valence-electron chi connectivity index (χ4n) is 2.86. The third-order valence-corrected chi connectivity index (χ3v) is 5.24. The maximum Gasteiger partial charge on any atom is 0.214 e. The second-order valence-electron chi connectivity index (χ2n) is 7.07. The standard InChI is InChI=1S/C17H19FN4S/c1-17(2,3)14-10-22-15(19-14)23-16(20-22)21-7-6-11-8-13(18)5-4-12(11)9-21/h4-5,8,10H,6-7,9H2,1-3H3. The number of imidazole rings is 1. The number of fused-ring (bicyclic) bond motifs is 2. The van der Waals surface area contributed by atoms with Crippen LogP contribution in [-0.2, 0) is 18.4 Å². The summed E-state index contributed by atoms with van der Waals surface area (Å²) in [5, 5.41) is 5.66. The van der Waals surface area contributed by atoms with Crippen molar-refractivity contribution in [2.75, 3.05) is 11.4 Å². The molecule has 120 valence electrons. The van der Waals surface area contributed by atoms with E-state index in [-0.39, 0.29) is 11.2 Å². The van der Waals surface area contributed by atoms with Gasteiger partial charge < -0.3 is 4.90 Å². The van der Waals surface area contributed by atoms with Gasteiger partial charge in [-0.2, -0.15) is 0 Å². The van der Waals surface area contributed by atoms with Gasteiger partial charge in [0.05, 0.1) is 11.9 Å². The molecule has 1 aromatic carbocycles. The number of halogens is 1.